The summed E-state index contributed by atoms with van der Waals surface area (Å²) in [7, 11) is 0. The molecule has 0 unspecified atom stereocenters. The number of carboxylic acids is 1. The number of aryl methyl sites for hydroxylation is 2. The van der Waals surface area contributed by atoms with Crippen LogP contribution in [0.2, 0.25) is 5.02 Å². The molecule has 5 heteroatoms. The van der Waals surface area contributed by atoms with Gasteiger partial charge in [-0.15, -0.1) is 11.3 Å². The van der Waals surface area contributed by atoms with Gasteiger partial charge in [0.1, 0.15) is 16.4 Å². The molecule has 3 nitrogen and oxygen atoms in total. The molecular formula is C13H11ClO3S. The Bertz CT molecular complexity index is 581. The van der Waals surface area contributed by atoms with Crippen LogP contribution in [0.4, 0.5) is 0 Å². The average molecular weight is 283 g/mol. The predicted molar refractivity (Wildman–Crippen MR) is 72.3 cm³/mol. The molecule has 1 N–H and O–H groups in total. The van der Waals surface area contributed by atoms with Crippen molar-refractivity contribution in [1.29, 1.82) is 0 Å². The summed E-state index contributed by atoms with van der Waals surface area (Å²) < 4.78 is 5.61. The van der Waals surface area contributed by atoms with Gasteiger partial charge in [0, 0.05) is 16.5 Å². The maximum absolute atomic E-state index is 10.8. The van der Waals surface area contributed by atoms with Crippen molar-refractivity contribution in [2.45, 2.75) is 13.8 Å². The Kier molecular flexibility index (Phi) is 3.59. The van der Waals surface area contributed by atoms with Crippen molar-refractivity contribution in [3.63, 3.8) is 0 Å². The summed E-state index contributed by atoms with van der Waals surface area (Å²) in [5, 5.41) is 11.2. The molecule has 94 valence electrons. The van der Waals surface area contributed by atoms with Crippen molar-refractivity contribution in [2.75, 3.05) is 0 Å². The first kappa shape index (κ1) is 12.9. The highest BCUT2D eigenvalue weighted by Gasteiger charge is 2.09. The van der Waals surface area contributed by atoms with Crippen molar-refractivity contribution < 1.29 is 14.6 Å². The van der Waals surface area contributed by atoms with Crippen LogP contribution in [0.15, 0.2) is 23.6 Å². The molecule has 0 aliphatic carbocycles. The third-order valence-corrected chi connectivity index (χ3v) is 3.92. The smallest absolute Gasteiger partial charge is 0.346 e. The lowest BCUT2D eigenvalue weighted by atomic mass is 10.1. The van der Waals surface area contributed by atoms with E-state index in [4.69, 9.17) is 21.4 Å². The first-order valence-electron chi connectivity index (χ1n) is 5.24. The molecule has 0 aliphatic rings. The van der Waals surface area contributed by atoms with E-state index in [0.29, 0.717) is 11.5 Å². The summed E-state index contributed by atoms with van der Waals surface area (Å²) in [6.07, 6.45) is 0. The quantitative estimate of drug-likeness (QED) is 0.901. The van der Waals surface area contributed by atoms with E-state index >= 15 is 0 Å². The number of halogens is 1. The van der Waals surface area contributed by atoms with E-state index in [-0.39, 0.29) is 4.88 Å². The number of carboxylic acid groups (broad SMARTS) is 1. The van der Waals surface area contributed by atoms with Crippen molar-refractivity contribution >= 4 is 28.9 Å². The van der Waals surface area contributed by atoms with Gasteiger partial charge >= 0.3 is 5.97 Å². The van der Waals surface area contributed by atoms with Gasteiger partial charge in [-0.3, -0.25) is 0 Å². The highest BCUT2D eigenvalue weighted by Crippen LogP contribution is 2.31. The molecule has 0 saturated carbocycles. The van der Waals surface area contributed by atoms with E-state index in [0.717, 1.165) is 27.5 Å². The largest absolute Gasteiger partial charge is 0.477 e. The van der Waals surface area contributed by atoms with Crippen LogP contribution < -0.4 is 4.74 Å². The fraction of sp³-hybridized carbons (Fsp3) is 0.154. The Balaban J connectivity index is 2.25. The normalized spacial score (nSPS) is 10.4. The van der Waals surface area contributed by atoms with Crippen LogP contribution in [0.1, 0.15) is 20.8 Å². The third kappa shape index (κ3) is 2.66. The van der Waals surface area contributed by atoms with Crippen LogP contribution in [-0.2, 0) is 0 Å². The Morgan fingerprint density at radius 3 is 2.33 bits per heavy atom. The molecule has 0 saturated heterocycles. The molecule has 0 amide bonds. The summed E-state index contributed by atoms with van der Waals surface area (Å²) in [5.41, 5.74) is 1.86. The van der Waals surface area contributed by atoms with E-state index < -0.39 is 5.97 Å². The van der Waals surface area contributed by atoms with Crippen LogP contribution in [0.5, 0.6) is 11.5 Å². The lowest BCUT2D eigenvalue weighted by Crippen LogP contribution is -1.90. The van der Waals surface area contributed by atoms with Crippen LogP contribution >= 0.6 is 22.9 Å². The summed E-state index contributed by atoms with van der Waals surface area (Å²) in [6.45, 7) is 3.80. The second kappa shape index (κ2) is 5.00. The molecule has 1 aromatic carbocycles. The van der Waals surface area contributed by atoms with E-state index in [9.17, 15) is 4.79 Å². The minimum atomic E-state index is -0.946. The van der Waals surface area contributed by atoms with Crippen molar-refractivity contribution in [3.05, 3.63) is 44.6 Å². The number of hydrogen-bond acceptors (Lipinski definition) is 3. The fourth-order valence-corrected chi connectivity index (χ4v) is 2.34. The van der Waals surface area contributed by atoms with Gasteiger partial charge < -0.3 is 9.84 Å². The highest BCUT2D eigenvalue weighted by molar-refractivity contribution is 7.12. The maximum Gasteiger partial charge on any atom is 0.346 e. The standard InChI is InChI=1S/C13H11ClO3S/c1-7-3-9(4-8(2)12(7)14)17-10-5-11(13(15)16)18-6-10/h3-6H,1-2H3,(H,15,16). The van der Waals surface area contributed by atoms with Gasteiger partial charge in [0.25, 0.3) is 0 Å². The molecule has 1 heterocycles. The van der Waals surface area contributed by atoms with Crippen LogP contribution in [0.3, 0.4) is 0 Å². The Hall–Kier alpha value is -1.52. The predicted octanol–water partition coefficient (Wildman–Crippen LogP) is 4.51. The summed E-state index contributed by atoms with van der Waals surface area (Å²) in [5.74, 6) is 0.237. The van der Waals surface area contributed by atoms with Crippen LogP contribution in [0.25, 0.3) is 0 Å². The zero-order valence-corrected chi connectivity index (χ0v) is 11.4. The summed E-state index contributed by atoms with van der Waals surface area (Å²) in [4.78, 5) is 11.0. The molecular weight excluding hydrogens is 272 g/mol. The van der Waals surface area contributed by atoms with Gasteiger partial charge in [-0.2, -0.15) is 0 Å². The zero-order chi connectivity index (χ0) is 13.3. The maximum atomic E-state index is 10.8. The van der Waals surface area contributed by atoms with Crippen LogP contribution in [-0.4, -0.2) is 11.1 Å². The van der Waals surface area contributed by atoms with Gasteiger partial charge in [0.15, 0.2) is 0 Å². The first-order chi connectivity index (χ1) is 8.47. The number of aromatic carboxylic acids is 1. The highest BCUT2D eigenvalue weighted by atomic mass is 35.5. The fourth-order valence-electron chi connectivity index (χ4n) is 1.59. The number of ether oxygens (including phenoxy) is 1. The molecule has 0 fully saturated rings. The molecule has 0 aliphatic heterocycles. The number of rotatable bonds is 3. The van der Waals surface area contributed by atoms with Crippen molar-refractivity contribution in [2.24, 2.45) is 0 Å². The Morgan fingerprint density at radius 1 is 1.22 bits per heavy atom. The summed E-state index contributed by atoms with van der Waals surface area (Å²) >= 11 is 7.20. The molecule has 2 rings (SSSR count). The zero-order valence-electron chi connectivity index (χ0n) is 9.86. The number of hydrogen-bond donors (Lipinski definition) is 1. The number of carbonyl (C=O) groups is 1. The molecule has 2 aromatic rings. The average Bonchev–Trinajstić information content (AvgIpc) is 2.74. The molecule has 1 aromatic heterocycles. The minimum Gasteiger partial charge on any atom is -0.477 e. The number of thiophene rings is 1. The molecule has 0 spiro atoms. The van der Waals surface area contributed by atoms with Gasteiger partial charge in [0.05, 0.1) is 0 Å². The lowest BCUT2D eigenvalue weighted by molar-refractivity contribution is 0.0702. The Morgan fingerprint density at radius 2 is 1.83 bits per heavy atom. The lowest BCUT2D eigenvalue weighted by Gasteiger charge is -2.08. The third-order valence-electron chi connectivity index (χ3n) is 2.43. The number of benzene rings is 1. The van der Waals surface area contributed by atoms with E-state index in [2.05, 4.69) is 0 Å². The first-order valence-corrected chi connectivity index (χ1v) is 6.49. The second-order valence-corrected chi connectivity index (χ2v) is 5.21. The molecule has 0 bridgehead atoms. The monoisotopic (exact) mass is 282 g/mol. The SMILES string of the molecule is Cc1cc(Oc2csc(C(=O)O)c2)cc(C)c1Cl. The molecule has 18 heavy (non-hydrogen) atoms. The van der Waals surface area contributed by atoms with Gasteiger partial charge in [-0.1, -0.05) is 11.6 Å². The Labute approximate surface area is 114 Å². The van der Waals surface area contributed by atoms with Gasteiger partial charge in [0.2, 0.25) is 0 Å². The van der Waals surface area contributed by atoms with Gasteiger partial charge in [-0.05, 0) is 37.1 Å². The van der Waals surface area contributed by atoms with E-state index in [1.807, 2.05) is 26.0 Å². The van der Waals surface area contributed by atoms with Crippen molar-refractivity contribution in [1.82, 2.24) is 0 Å². The minimum absolute atomic E-state index is 0.257. The van der Waals surface area contributed by atoms with Crippen LogP contribution in [0, 0.1) is 13.8 Å². The van der Waals surface area contributed by atoms with Gasteiger partial charge in [-0.25, -0.2) is 4.79 Å². The molecule has 0 atom stereocenters. The van der Waals surface area contributed by atoms with E-state index in [1.54, 1.807) is 5.38 Å². The topological polar surface area (TPSA) is 46.5 Å². The van der Waals surface area contributed by atoms with E-state index in [1.165, 1.54) is 6.07 Å². The second-order valence-electron chi connectivity index (χ2n) is 3.92. The van der Waals surface area contributed by atoms with Crippen molar-refractivity contribution in [3.8, 4) is 11.5 Å². The summed E-state index contributed by atoms with van der Waals surface area (Å²) in [6, 6.07) is 5.16. The molecule has 0 radical (unpaired) electrons.